The quantitative estimate of drug-likeness (QED) is 0.424. The Morgan fingerprint density at radius 2 is 1.93 bits per heavy atom. The van der Waals surface area contributed by atoms with Crippen LogP contribution < -0.4 is 0 Å². The lowest BCUT2D eigenvalue weighted by Gasteiger charge is -2.39. The molecule has 1 aliphatic carbocycles. The van der Waals surface area contributed by atoms with Gasteiger partial charge in [-0.25, -0.2) is 4.79 Å². The van der Waals surface area contributed by atoms with Gasteiger partial charge in [0.2, 0.25) is 0 Å². The Morgan fingerprint density at radius 3 is 2.48 bits per heavy atom. The summed E-state index contributed by atoms with van der Waals surface area (Å²) in [5.41, 5.74) is -2.17. The molecule has 6 atom stereocenters. The van der Waals surface area contributed by atoms with Crippen LogP contribution in [0.1, 0.15) is 41.0 Å². The third-order valence-corrected chi connectivity index (χ3v) is 5.23. The van der Waals surface area contributed by atoms with Crippen molar-refractivity contribution in [1.82, 2.24) is 0 Å². The predicted octanol–water partition coefficient (Wildman–Crippen LogP) is 1.50. The molecule has 0 spiro atoms. The van der Waals surface area contributed by atoms with Gasteiger partial charge in [0.05, 0.1) is 11.8 Å². The van der Waals surface area contributed by atoms with E-state index in [1.54, 1.807) is 19.9 Å². The minimum atomic E-state index is -2.21. The molecule has 1 heterocycles. The highest BCUT2D eigenvalue weighted by atomic mass is 16.6. The van der Waals surface area contributed by atoms with Crippen LogP contribution >= 0.6 is 0 Å². The summed E-state index contributed by atoms with van der Waals surface area (Å²) in [6, 6.07) is 0. The van der Waals surface area contributed by atoms with Crippen molar-refractivity contribution in [3.05, 3.63) is 24.3 Å². The molecule has 8 nitrogen and oxygen atoms in total. The minimum Gasteiger partial charge on any atom is -0.458 e. The highest BCUT2D eigenvalue weighted by Crippen LogP contribution is 2.40. The van der Waals surface area contributed by atoms with E-state index in [1.165, 1.54) is 13.0 Å². The van der Waals surface area contributed by atoms with Crippen molar-refractivity contribution in [3.63, 3.8) is 0 Å². The summed E-state index contributed by atoms with van der Waals surface area (Å²) >= 11 is 0. The third-order valence-electron chi connectivity index (χ3n) is 5.23. The average molecular weight is 408 g/mol. The van der Waals surface area contributed by atoms with Crippen LogP contribution in [0.5, 0.6) is 0 Å². The second-order valence-electron chi connectivity index (χ2n) is 8.16. The molecule has 2 rings (SSSR count). The SMILES string of the molecule is C=C1C(=O)O[C@@H]2C[C@@H](C)/C=C\C(=O)[C@](C)(O)[C@H](OC(C)=O)[C@@H](OC(=O)C(C)C)[C@H]12. The van der Waals surface area contributed by atoms with Gasteiger partial charge in [-0.15, -0.1) is 0 Å². The van der Waals surface area contributed by atoms with Gasteiger partial charge in [-0.1, -0.05) is 33.4 Å². The number of carbonyl (C=O) groups is 4. The predicted molar refractivity (Wildman–Crippen MR) is 101 cm³/mol. The molecule has 2 aliphatic rings. The fourth-order valence-corrected chi connectivity index (χ4v) is 3.53. The van der Waals surface area contributed by atoms with E-state index in [4.69, 9.17) is 14.2 Å². The molecule has 29 heavy (non-hydrogen) atoms. The van der Waals surface area contributed by atoms with Gasteiger partial charge in [0.1, 0.15) is 6.10 Å². The molecule has 0 unspecified atom stereocenters. The molecule has 0 saturated carbocycles. The van der Waals surface area contributed by atoms with Gasteiger partial charge in [-0.2, -0.15) is 0 Å². The monoisotopic (exact) mass is 408 g/mol. The van der Waals surface area contributed by atoms with Crippen molar-refractivity contribution in [2.24, 2.45) is 17.8 Å². The highest BCUT2D eigenvalue weighted by Gasteiger charge is 2.55. The van der Waals surface area contributed by atoms with Crippen LogP contribution in [-0.4, -0.2) is 52.7 Å². The van der Waals surface area contributed by atoms with E-state index in [-0.39, 0.29) is 11.5 Å². The number of hydrogen-bond acceptors (Lipinski definition) is 8. The van der Waals surface area contributed by atoms with Crippen molar-refractivity contribution >= 4 is 23.7 Å². The molecular formula is C21H28O8. The Bertz CT molecular complexity index is 748. The van der Waals surface area contributed by atoms with Crippen molar-refractivity contribution in [3.8, 4) is 0 Å². The molecule has 1 aliphatic heterocycles. The lowest BCUT2D eigenvalue weighted by molar-refractivity contribution is -0.197. The maximum atomic E-state index is 12.7. The number of ether oxygens (including phenoxy) is 3. The smallest absolute Gasteiger partial charge is 0.334 e. The first-order chi connectivity index (χ1) is 13.4. The highest BCUT2D eigenvalue weighted by molar-refractivity contribution is 5.97. The fraction of sp³-hybridized carbons (Fsp3) is 0.619. The van der Waals surface area contributed by atoms with E-state index in [0.717, 1.165) is 6.92 Å². The van der Waals surface area contributed by atoms with Crippen LogP contribution in [-0.2, 0) is 33.4 Å². The van der Waals surface area contributed by atoms with E-state index >= 15 is 0 Å². The average Bonchev–Trinajstić information content (AvgIpc) is 2.88. The number of ketones is 1. The first-order valence-corrected chi connectivity index (χ1v) is 9.58. The number of allylic oxidation sites excluding steroid dienone is 1. The molecule has 0 radical (unpaired) electrons. The van der Waals surface area contributed by atoms with Crippen LogP contribution in [0.2, 0.25) is 0 Å². The van der Waals surface area contributed by atoms with E-state index in [1.807, 2.05) is 6.92 Å². The topological polar surface area (TPSA) is 116 Å². The molecule has 1 N–H and O–H groups in total. The van der Waals surface area contributed by atoms with Crippen LogP contribution in [0.4, 0.5) is 0 Å². The van der Waals surface area contributed by atoms with Gasteiger partial charge in [-0.05, 0) is 25.3 Å². The fourth-order valence-electron chi connectivity index (χ4n) is 3.53. The van der Waals surface area contributed by atoms with Gasteiger partial charge in [-0.3, -0.25) is 14.4 Å². The van der Waals surface area contributed by atoms with Crippen molar-refractivity contribution in [2.45, 2.75) is 65.0 Å². The van der Waals surface area contributed by atoms with Crippen molar-refractivity contribution in [2.75, 3.05) is 0 Å². The Balaban J connectivity index is 2.66. The van der Waals surface area contributed by atoms with Crippen LogP contribution in [0.25, 0.3) is 0 Å². The summed E-state index contributed by atoms with van der Waals surface area (Å²) in [6.45, 7) is 11.1. The normalized spacial score (nSPS) is 36.2. The number of hydrogen-bond donors (Lipinski definition) is 1. The van der Waals surface area contributed by atoms with Crippen LogP contribution in [0.15, 0.2) is 24.3 Å². The van der Waals surface area contributed by atoms with Gasteiger partial charge >= 0.3 is 17.9 Å². The Morgan fingerprint density at radius 1 is 1.31 bits per heavy atom. The molecule has 0 bridgehead atoms. The van der Waals surface area contributed by atoms with Gasteiger partial charge in [0, 0.05) is 12.5 Å². The zero-order valence-electron chi connectivity index (χ0n) is 17.3. The number of fused-ring (bicyclic) bond motifs is 1. The third kappa shape index (κ3) is 4.75. The Kier molecular flexibility index (Phi) is 6.67. The number of aliphatic hydroxyl groups is 1. The van der Waals surface area contributed by atoms with Gasteiger partial charge in [0.15, 0.2) is 23.6 Å². The molecule has 160 valence electrons. The van der Waals surface area contributed by atoms with E-state index < -0.39 is 59.4 Å². The maximum absolute atomic E-state index is 12.7. The first kappa shape index (κ1) is 22.8. The molecule has 0 aromatic rings. The Hall–Kier alpha value is -2.48. The second-order valence-corrected chi connectivity index (χ2v) is 8.16. The van der Waals surface area contributed by atoms with Crippen molar-refractivity contribution < 1.29 is 38.5 Å². The maximum Gasteiger partial charge on any atom is 0.334 e. The second kappa shape index (κ2) is 8.49. The number of esters is 3. The zero-order chi connectivity index (χ0) is 22.1. The lowest BCUT2D eigenvalue weighted by atomic mass is 9.77. The number of rotatable bonds is 3. The van der Waals surface area contributed by atoms with Crippen LogP contribution in [0, 0.1) is 17.8 Å². The van der Waals surface area contributed by atoms with E-state index in [0.29, 0.717) is 6.42 Å². The summed E-state index contributed by atoms with van der Waals surface area (Å²) in [6.07, 6.45) is -0.490. The molecule has 8 heteroatoms. The molecule has 0 aromatic carbocycles. The largest absolute Gasteiger partial charge is 0.458 e. The molecule has 0 amide bonds. The van der Waals surface area contributed by atoms with E-state index in [2.05, 4.69) is 6.58 Å². The van der Waals surface area contributed by atoms with Gasteiger partial charge in [0.25, 0.3) is 0 Å². The number of carbonyl (C=O) groups excluding carboxylic acids is 4. The first-order valence-electron chi connectivity index (χ1n) is 9.58. The summed E-state index contributed by atoms with van der Waals surface area (Å²) in [5, 5.41) is 11.0. The van der Waals surface area contributed by atoms with Gasteiger partial charge < -0.3 is 19.3 Å². The molecule has 1 saturated heterocycles. The lowest BCUT2D eigenvalue weighted by Crippen LogP contribution is -2.58. The van der Waals surface area contributed by atoms with E-state index in [9.17, 15) is 24.3 Å². The van der Waals surface area contributed by atoms with Crippen molar-refractivity contribution in [1.29, 1.82) is 0 Å². The molecule has 0 aromatic heterocycles. The standard InChI is InChI=1S/C21H28O8/c1-10(2)19(24)29-17-16-12(4)20(25)28-14(16)9-11(3)7-8-15(23)21(6,26)18(17)27-13(5)22/h7-8,10-11,14,16-18,26H,4,9H2,1-3,5-6H3/b8-7-/t11-,14+,16+,17-,18+,21-/m0/s1. The van der Waals surface area contributed by atoms with Crippen LogP contribution in [0.3, 0.4) is 0 Å². The minimum absolute atomic E-state index is 0.0358. The zero-order valence-corrected chi connectivity index (χ0v) is 17.3. The molecule has 1 fully saturated rings. The summed E-state index contributed by atoms with van der Waals surface area (Å²) < 4.78 is 16.3. The molecular weight excluding hydrogens is 380 g/mol. The summed E-state index contributed by atoms with van der Waals surface area (Å²) in [5.74, 6) is -4.38. The summed E-state index contributed by atoms with van der Waals surface area (Å²) in [7, 11) is 0. The summed E-state index contributed by atoms with van der Waals surface area (Å²) in [4.78, 5) is 49.2. The Labute approximate surface area is 169 Å².